The molecule has 1 N–H and O–H groups in total. The highest BCUT2D eigenvalue weighted by Crippen LogP contribution is 2.40. The molecule has 5 nitrogen and oxygen atoms in total. The van der Waals surface area contributed by atoms with Crippen LogP contribution in [-0.2, 0) is 0 Å². The number of nitrogens with one attached hydrogen (secondary N) is 1. The molecule has 1 aromatic carbocycles. The minimum absolute atomic E-state index is 0.0780. The van der Waals surface area contributed by atoms with Gasteiger partial charge in [0.05, 0.1) is 18.2 Å². The number of aromatic nitrogens is 1. The van der Waals surface area contributed by atoms with Gasteiger partial charge in [-0.2, -0.15) is 5.26 Å². The fourth-order valence-electron chi connectivity index (χ4n) is 2.36. The Morgan fingerprint density at radius 2 is 2.08 bits per heavy atom. The van der Waals surface area contributed by atoms with Crippen molar-refractivity contribution in [3.63, 3.8) is 0 Å². The van der Waals surface area contributed by atoms with E-state index in [1.165, 1.54) is 0 Å². The molecule has 126 valence electrons. The summed E-state index contributed by atoms with van der Waals surface area (Å²) in [5, 5.41) is 9.31. The predicted octanol–water partition coefficient (Wildman–Crippen LogP) is 4.17. The smallest absolute Gasteiger partial charge is 0.266 e. The number of ether oxygens (including phenoxy) is 2. The maximum atomic E-state index is 12.0. The number of pyridine rings is 1. The van der Waals surface area contributed by atoms with Crippen LogP contribution in [0.5, 0.6) is 11.5 Å². The summed E-state index contributed by atoms with van der Waals surface area (Å²) < 4.78 is 11.9. The van der Waals surface area contributed by atoms with Gasteiger partial charge in [0.15, 0.2) is 11.5 Å². The highest BCUT2D eigenvalue weighted by atomic mass is 79.9. The minimum atomic E-state index is -0.397. The molecule has 24 heavy (non-hydrogen) atoms. The van der Waals surface area contributed by atoms with Crippen LogP contribution in [0.3, 0.4) is 0 Å². The maximum Gasteiger partial charge on any atom is 0.266 e. The Morgan fingerprint density at radius 3 is 2.71 bits per heavy atom. The number of benzene rings is 1. The standard InChI is InChI=1S/C18H19BrN2O3/c1-4-5-6-24-17-15(19)8-12(9-16(17)23-3)13-7-11(2)21-18(22)14(13)10-20/h7-9H,4-6H2,1-3H3,(H,21,22). The molecule has 0 radical (unpaired) electrons. The molecule has 0 aliphatic heterocycles. The highest BCUT2D eigenvalue weighted by Gasteiger charge is 2.16. The zero-order valence-corrected chi connectivity index (χ0v) is 15.5. The molecular weight excluding hydrogens is 372 g/mol. The minimum Gasteiger partial charge on any atom is -0.493 e. The molecule has 0 saturated carbocycles. The molecule has 0 bridgehead atoms. The van der Waals surface area contributed by atoms with Gasteiger partial charge < -0.3 is 14.5 Å². The first kappa shape index (κ1) is 18.1. The average Bonchev–Trinajstić information content (AvgIpc) is 2.55. The van der Waals surface area contributed by atoms with E-state index in [1.54, 1.807) is 26.2 Å². The van der Waals surface area contributed by atoms with Gasteiger partial charge in [-0.1, -0.05) is 13.3 Å². The number of unbranched alkanes of at least 4 members (excludes halogenated alkanes) is 1. The van der Waals surface area contributed by atoms with Crippen LogP contribution in [0.15, 0.2) is 27.5 Å². The molecule has 2 rings (SSSR count). The first-order valence-electron chi connectivity index (χ1n) is 7.66. The summed E-state index contributed by atoms with van der Waals surface area (Å²) in [6.45, 7) is 4.47. The molecule has 0 saturated heterocycles. The topological polar surface area (TPSA) is 75.1 Å². The molecule has 0 aliphatic carbocycles. The number of hydrogen-bond donors (Lipinski definition) is 1. The van der Waals surface area contributed by atoms with Crippen molar-refractivity contribution >= 4 is 15.9 Å². The number of nitrogens with zero attached hydrogens (tertiary/aromatic N) is 1. The quantitative estimate of drug-likeness (QED) is 0.750. The van der Waals surface area contributed by atoms with Crippen LogP contribution >= 0.6 is 15.9 Å². The lowest BCUT2D eigenvalue weighted by atomic mass is 10.0. The van der Waals surface area contributed by atoms with E-state index in [0.717, 1.165) is 17.3 Å². The van der Waals surface area contributed by atoms with Gasteiger partial charge in [-0.15, -0.1) is 0 Å². The van der Waals surface area contributed by atoms with Crippen molar-refractivity contribution in [1.29, 1.82) is 5.26 Å². The van der Waals surface area contributed by atoms with Crippen molar-refractivity contribution in [2.24, 2.45) is 0 Å². The van der Waals surface area contributed by atoms with E-state index in [4.69, 9.17) is 9.47 Å². The Kier molecular flexibility index (Phi) is 6.04. The van der Waals surface area contributed by atoms with Gasteiger partial charge in [0.25, 0.3) is 5.56 Å². The SMILES string of the molecule is CCCCOc1c(Br)cc(-c2cc(C)[nH]c(=O)c2C#N)cc1OC. The number of halogens is 1. The number of H-pyrrole nitrogens is 1. The monoisotopic (exact) mass is 390 g/mol. The second kappa shape index (κ2) is 8.02. The van der Waals surface area contributed by atoms with Gasteiger partial charge >= 0.3 is 0 Å². The summed E-state index contributed by atoms with van der Waals surface area (Å²) in [6, 6.07) is 7.36. The van der Waals surface area contributed by atoms with E-state index < -0.39 is 5.56 Å². The van der Waals surface area contributed by atoms with E-state index in [1.807, 2.05) is 12.1 Å². The molecule has 0 atom stereocenters. The third-order valence-corrected chi connectivity index (χ3v) is 4.15. The van der Waals surface area contributed by atoms with Crippen molar-refractivity contribution in [1.82, 2.24) is 4.98 Å². The summed E-state index contributed by atoms with van der Waals surface area (Å²) >= 11 is 3.50. The normalized spacial score (nSPS) is 10.3. The van der Waals surface area contributed by atoms with Crippen molar-refractivity contribution in [2.45, 2.75) is 26.7 Å². The average molecular weight is 391 g/mol. The number of methoxy groups -OCH3 is 1. The van der Waals surface area contributed by atoms with Crippen LogP contribution in [0.1, 0.15) is 31.0 Å². The van der Waals surface area contributed by atoms with Gasteiger partial charge in [0.2, 0.25) is 0 Å². The number of hydrogen-bond acceptors (Lipinski definition) is 4. The lowest BCUT2D eigenvalue weighted by Crippen LogP contribution is -2.12. The lowest BCUT2D eigenvalue weighted by Gasteiger charge is -2.15. The van der Waals surface area contributed by atoms with Gasteiger partial charge in [-0.3, -0.25) is 4.79 Å². The van der Waals surface area contributed by atoms with Crippen LogP contribution in [0.2, 0.25) is 0 Å². The molecular formula is C18H19BrN2O3. The zero-order chi connectivity index (χ0) is 17.7. The number of aryl methyl sites for hydroxylation is 1. The van der Waals surface area contributed by atoms with Gasteiger partial charge in [0.1, 0.15) is 11.6 Å². The van der Waals surface area contributed by atoms with Crippen LogP contribution in [0.4, 0.5) is 0 Å². The number of nitriles is 1. The van der Waals surface area contributed by atoms with E-state index in [2.05, 4.69) is 27.8 Å². The summed E-state index contributed by atoms with van der Waals surface area (Å²) in [5.41, 5.74) is 1.65. The van der Waals surface area contributed by atoms with Crippen molar-refractivity contribution in [3.8, 4) is 28.7 Å². The molecule has 0 unspecified atom stereocenters. The van der Waals surface area contributed by atoms with Crippen LogP contribution in [-0.4, -0.2) is 18.7 Å². The lowest BCUT2D eigenvalue weighted by molar-refractivity contribution is 0.286. The molecule has 0 amide bonds. The van der Waals surface area contributed by atoms with Crippen LogP contribution in [0.25, 0.3) is 11.1 Å². The summed E-state index contributed by atoms with van der Waals surface area (Å²) in [7, 11) is 1.56. The largest absolute Gasteiger partial charge is 0.493 e. The summed E-state index contributed by atoms with van der Waals surface area (Å²) in [5.74, 6) is 1.17. The molecule has 0 aliphatic rings. The predicted molar refractivity (Wildman–Crippen MR) is 96.6 cm³/mol. The summed E-state index contributed by atoms with van der Waals surface area (Å²) in [4.78, 5) is 14.6. The molecule has 0 spiro atoms. The van der Waals surface area contributed by atoms with Gasteiger partial charge in [-0.05, 0) is 53.0 Å². The Morgan fingerprint density at radius 1 is 1.33 bits per heavy atom. The first-order chi connectivity index (χ1) is 11.5. The first-order valence-corrected chi connectivity index (χ1v) is 8.45. The Hall–Kier alpha value is -2.26. The molecule has 6 heteroatoms. The maximum absolute atomic E-state index is 12.0. The van der Waals surface area contributed by atoms with E-state index in [0.29, 0.717) is 34.9 Å². The molecule has 1 aromatic heterocycles. The van der Waals surface area contributed by atoms with Crippen LogP contribution < -0.4 is 15.0 Å². The fraction of sp³-hybridized carbons (Fsp3) is 0.333. The fourth-order valence-corrected chi connectivity index (χ4v) is 2.92. The van der Waals surface area contributed by atoms with Crippen LogP contribution in [0, 0.1) is 18.3 Å². The van der Waals surface area contributed by atoms with E-state index in [-0.39, 0.29) is 5.56 Å². The number of aromatic amines is 1. The van der Waals surface area contributed by atoms with Gasteiger partial charge in [-0.25, -0.2) is 0 Å². The second-order valence-corrected chi connectivity index (χ2v) is 6.23. The van der Waals surface area contributed by atoms with Crippen molar-refractivity contribution in [2.75, 3.05) is 13.7 Å². The highest BCUT2D eigenvalue weighted by molar-refractivity contribution is 9.10. The van der Waals surface area contributed by atoms with Gasteiger partial charge in [0, 0.05) is 11.3 Å². The Bertz CT molecular complexity index is 837. The molecule has 0 fully saturated rings. The third-order valence-electron chi connectivity index (χ3n) is 3.56. The van der Waals surface area contributed by atoms with E-state index in [9.17, 15) is 10.1 Å². The molecule has 2 aromatic rings. The molecule has 1 heterocycles. The number of rotatable bonds is 6. The van der Waals surface area contributed by atoms with Crippen molar-refractivity contribution in [3.05, 3.63) is 44.3 Å². The Balaban J connectivity index is 2.56. The Labute approximate surface area is 149 Å². The summed E-state index contributed by atoms with van der Waals surface area (Å²) in [6.07, 6.45) is 1.98. The third kappa shape index (κ3) is 3.80. The van der Waals surface area contributed by atoms with Crippen molar-refractivity contribution < 1.29 is 9.47 Å². The zero-order valence-electron chi connectivity index (χ0n) is 13.9. The second-order valence-electron chi connectivity index (χ2n) is 5.37. The van der Waals surface area contributed by atoms with E-state index >= 15 is 0 Å².